The van der Waals surface area contributed by atoms with Gasteiger partial charge in [0.2, 0.25) is 5.95 Å². The van der Waals surface area contributed by atoms with Gasteiger partial charge >= 0.3 is 6.18 Å². The van der Waals surface area contributed by atoms with Gasteiger partial charge in [-0.25, -0.2) is 4.98 Å². The predicted octanol–water partition coefficient (Wildman–Crippen LogP) is 4.76. The van der Waals surface area contributed by atoms with Crippen molar-refractivity contribution in [3.05, 3.63) is 51.7 Å². The van der Waals surface area contributed by atoms with Gasteiger partial charge in [-0.2, -0.15) is 18.2 Å². The summed E-state index contributed by atoms with van der Waals surface area (Å²) in [5.74, 6) is -0.134. The van der Waals surface area contributed by atoms with Gasteiger partial charge in [0.05, 0.1) is 4.92 Å². The lowest BCUT2D eigenvalue weighted by Crippen LogP contribution is -2.24. The molecule has 1 aromatic heterocycles. The van der Waals surface area contributed by atoms with Crippen molar-refractivity contribution in [1.29, 1.82) is 0 Å². The number of nitro groups is 1. The van der Waals surface area contributed by atoms with Crippen LogP contribution < -0.4 is 10.6 Å². The molecule has 1 aromatic carbocycles. The zero-order valence-corrected chi connectivity index (χ0v) is 15.0. The number of alkyl halides is 3. The standard InChI is InChI=1S/C18H20F3N5O2/c19-18(20,21)15-10-16(22-11-12-6-4-5-9-14(12)26(27)28)25-17(24-15)23-13-7-2-1-3-8-13/h4-6,9-10,13H,1-3,7-8,11H2,(H2,22,23,24,25). The first-order valence-corrected chi connectivity index (χ1v) is 9.02. The van der Waals surface area contributed by atoms with Crippen LogP contribution >= 0.6 is 0 Å². The summed E-state index contributed by atoms with van der Waals surface area (Å²) in [5.41, 5.74) is -0.826. The van der Waals surface area contributed by atoms with Crippen LogP contribution in [0.1, 0.15) is 43.4 Å². The summed E-state index contributed by atoms with van der Waals surface area (Å²) >= 11 is 0. The highest BCUT2D eigenvalue weighted by molar-refractivity contribution is 5.47. The average molecular weight is 395 g/mol. The number of nitro benzene ring substituents is 1. The number of para-hydroxylation sites is 1. The largest absolute Gasteiger partial charge is 0.433 e. The minimum absolute atomic E-state index is 0.0334. The van der Waals surface area contributed by atoms with E-state index in [1.165, 1.54) is 18.2 Å². The minimum atomic E-state index is -4.62. The Morgan fingerprint density at radius 1 is 1.14 bits per heavy atom. The third-order valence-electron chi connectivity index (χ3n) is 4.60. The molecule has 0 spiro atoms. The van der Waals surface area contributed by atoms with E-state index in [1.54, 1.807) is 6.07 Å². The Morgan fingerprint density at radius 2 is 1.86 bits per heavy atom. The van der Waals surface area contributed by atoms with E-state index in [1.807, 2.05) is 0 Å². The van der Waals surface area contributed by atoms with E-state index < -0.39 is 16.8 Å². The summed E-state index contributed by atoms with van der Waals surface area (Å²) in [5, 5.41) is 16.8. The fourth-order valence-corrected chi connectivity index (χ4v) is 3.20. The molecule has 2 N–H and O–H groups in total. The second-order valence-corrected chi connectivity index (χ2v) is 6.68. The number of nitrogens with zero attached hydrogens (tertiary/aromatic N) is 3. The van der Waals surface area contributed by atoms with E-state index in [2.05, 4.69) is 20.6 Å². The molecule has 0 atom stereocenters. The van der Waals surface area contributed by atoms with Crippen molar-refractivity contribution in [2.45, 2.75) is 50.9 Å². The van der Waals surface area contributed by atoms with Crippen LogP contribution in [0.2, 0.25) is 0 Å². The Balaban J connectivity index is 1.81. The summed E-state index contributed by atoms with van der Waals surface area (Å²) in [6.07, 6.45) is 0.237. The molecule has 0 unspecified atom stereocenters. The predicted molar refractivity (Wildman–Crippen MR) is 98.0 cm³/mol. The number of aromatic nitrogens is 2. The van der Waals surface area contributed by atoms with E-state index in [0.717, 1.165) is 38.2 Å². The van der Waals surface area contributed by atoms with Crippen LogP contribution in [0.5, 0.6) is 0 Å². The van der Waals surface area contributed by atoms with Crippen molar-refractivity contribution in [3.8, 4) is 0 Å². The molecule has 0 radical (unpaired) electrons. The van der Waals surface area contributed by atoms with Gasteiger partial charge in [-0.3, -0.25) is 10.1 Å². The molecule has 1 fully saturated rings. The third-order valence-corrected chi connectivity index (χ3v) is 4.60. The monoisotopic (exact) mass is 395 g/mol. The fraction of sp³-hybridized carbons (Fsp3) is 0.444. The molecule has 1 heterocycles. The molecule has 28 heavy (non-hydrogen) atoms. The highest BCUT2D eigenvalue weighted by Gasteiger charge is 2.34. The van der Waals surface area contributed by atoms with Crippen molar-refractivity contribution in [2.75, 3.05) is 10.6 Å². The molecular weight excluding hydrogens is 375 g/mol. The lowest BCUT2D eigenvalue weighted by molar-refractivity contribution is -0.385. The highest BCUT2D eigenvalue weighted by atomic mass is 19.4. The zero-order valence-electron chi connectivity index (χ0n) is 15.0. The summed E-state index contributed by atoms with van der Waals surface area (Å²) in [6, 6.07) is 6.88. The van der Waals surface area contributed by atoms with Gasteiger partial charge < -0.3 is 10.6 Å². The van der Waals surface area contributed by atoms with E-state index >= 15 is 0 Å². The molecule has 1 saturated carbocycles. The molecule has 3 rings (SSSR count). The quantitative estimate of drug-likeness (QED) is 0.541. The topological polar surface area (TPSA) is 93.0 Å². The Kier molecular flexibility index (Phi) is 5.96. The van der Waals surface area contributed by atoms with Crippen LogP contribution in [0.25, 0.3) is 0 Å². The van der Waals surface area contributed by atoms with E-state index in [0.29, 0.717) is 5.56 Å². The Morgan fingerprint density at radius 3 is 2.54 bits per heavy atom. The summed E-state index contributed by atoms with van der Waals surface area (Å²) in [6.45, 7) is -0.0334. The first-order valence-electron chi connectivity index (χ1n) is 9.02. The molecular formula is C18H20F3N5O2. The van der Waals surface area contributed by atoms with Gasteiger partial charge in [0.25, 0.3) is 5.69 Å². The van der Waals surface area contributed by atoms with Crippen LogP contribution in [0.3, 0.4) is 0 Å². The van der Waals surface area contributed by atoms with Crippen molar-refractivity contribution >= 4 is 17.5 Å². The number of hydrogen-bond donors (Lipinski definition) is 2. The van der Waals surface area contributed by atoms with Crippen LogP contribution in [-0.2, 0) is 12.7 Å². The fourth-order valence-electron chi connectivity index (χ4n) is 3.20. The first-order chi connectivity index (χ1) is 13.3. The Hall–Kier alpha value is -2.91. The van der Waals surface area contributed by atoms with E-state index in [-0.39, 0.29) is 30.0 Å². The van der Waals surface area contributed by atoms with Crippen molar-refractivity contribution < 1.29 is 18.1 Å². The average Bonchev–Trinajstić information content (AvgIpc) is 2.66. The number of hydrogen-bond acceptors (Lipinski definition) is 6. The third kappa shape index (κ3) is 5.08. The number of rotatable bonds is 6. The normalized spacial score (nSPS) is 15.2. The Bertz CT molecular complexity index is 838. The van der Waals surface area contributed by atoms with E-state index in [4.69, 9.17) is 0 Å². The van der Waals surface area contributed by atoms with Crippen molar-refractivity contribution in [2.24, 2.45) is 0 Å². The van der Waals surface area contributed by atoms with E-state index in [9.17, 15) is 23.3 Å². The lowest BCUT2D eigenvalue weighted by Gasteiger charge is -2.23. The van der Waals surface area contributed by atoms with Crippen molar-refractivity contribution in [3.63, 3.8) is 0 Å². The van der Waals surface area contributed by atoms with Gasteiger partial charge in [-0.05, 0) is 12.8 Å². The first kappa shape index (κ1) is 19.8. The van der Waals surface area contributed by atoms with Crippen LogP contribution in [-0.4, -0.2) is 20.9 Å². The molecule has 0 aliphatic heterocycles. The minimum Gasteiger partial charge on any atom is -0.366 e. The van der Waals surface area contributed by atoms with Crippen LogP contribution in [0.4, 0.5) is 30.6 Å². The molecule has 0 bridgehead atoms. The Labute approximate surface area is 159 Å². The smallest absolute Gasteiger partial charge is 0.366 e. The van der Waals surface area contributed by atoms with Gasteiger partial charge in [0.15, 0.2) is 5.69 Å². The molecule has 2 aromatic rings. The molecule has 0 saturated heterocycles. The molecule has 150 valence electrons. The number of anilines is 2. The summed E-state index contributed by atoms with van der Waals surface area (Å²) in [4.78, 5) is 18.3. The number of halogens is 3. The second kappa shape index (κ2) is 8.41. The maximum atomic E-state index is 13.2. The molecule has 10 heteroatoms. The number of nitrogens with one attached hydrogen (secondary N) is 2. The van der Waals surface area contributed by atoms with Gasteiger partial charge in [-0.15, -0.1) is 0 Å². The zero-order chi connectivity index (χ0) is 20.1. The lowest BCUT2D eigenvalue weighted by atomic mass is 9.96. The summed E-state index contributed by atoms with van der Waals surface area (Å²) in [7, 11) is 0. The highest BCUT2D eigenvalue weighted by Crippen LogP contribution is 2.31. The summed E-state index contributed by atoms with van der Waals surface area (Å²) < 4.78 is 39.7. The second-order valence-electron chi connectivity index (χ2n) is 6.68. The van der Waals surface area contributed by atoms with Crippen LogP contribution in [0.15, 0.2) is 30.3 Å². The number of benzene rings is 1. The maximum absolute atomic E-state index is 13.2. The maximum Gasteiger partial charge on any atom is 0.433 e. The van der Waals surface area contributed by atoms with Crippen molar-refractivity contribution in [1.82, 2.24) is 9.97 Å². The van der Waals surface area contributed by atoms with Gasteiger partial charge in [0.1, 0.15) is 5.82 Å². The molecule has 0 amide bonds. The SMILES string of the molecule is O=[N+]([O-])c1ccccc1CNc1cc(C(F)(F)F)nc(NC2CCCCC2)n1. The molecule has 1 aliphatic carbocycles. The van der Waals surface area contributed by atoms with Crippen LogP contribution in [0, 0.1) is 10.1 Å². The van der Waals surface area contributed by atoms with Gasteiger partial charge in [-0.1, -0.05) is 37.5 Å². The molecule has 7 nitrogen and oxygen atoms in total. The van der Waals surface area contributed by atoms with Gasteiger partial charge in [0, 0.05) is 30.3 Å². The molecule has 1 aliphatic rings.